The first-order valence-electron chi connectivity index (χ1n) is 5.76. The summed E-state index contributed by atoms with van der Waals surface area (Å²) >= 11 is 1.56. The van der Waals surface area contributed by atoms with Gasteiger partial charge < -0.3 is 10.4 Å². The molecule has 1 heterocycles. The molecule has 1 aromatic rings. The van der Waals surface area contributed by atoms with E-state index in [0.717, 1.165) is 16.6 Å². The molecule has 17 heavy (non-hydrogen) atoms. The van der Waals surface area contributed by atoms with E-state index in [-0.39, 0.29) is 12.1 Å². The van der Waals surface area contributed by atoms with Gasteiger partial charge in [0.15, 0.2) is 5.16 Å². The van der Waals surface area contributed by atoms with E-state index in [4.69, 9.17) is 0 Å². The molecule has 1 rings (SSSR count). The number of rotatable bonds is 6. The van der Waals surface area contributed by atoms with Crippen molar-refractivity contribution in [1.82, 2.24) is 15.3 Å². The molecule has 0 aromatic carbocycles. The van der Waals surface area contributed by atoms with Crippen molar-refractivity contribution in [2.75, 3.05) is 12.4 Å². The third-order valence-electron chi connectivity index (χ3n) is 2.28. The highest BCUT2D eigenvalue weighted by Gasteiger charge is 2.24. The molecule has 4 nitrogen and oxygen atoms in total. The number of aliphatic hydroxyl groups is 1. The normalized spacial score (nSPS) is 14.9. The summed E-state index contributed by atoms with van der Waals surface area (Å²) in [7, 11) is 0. The highest BCUT2D eigenvalue weighted by molar-refractivity contribution is 7.99. The topological polar surface area (TPSA) is 58.0 Å². The van der Waals surface area contributed by atoms with Crippen molar-refractivity contribution in [3.05, 3.63) is 18.0 Å². The Kier molecular flexibility index (Phi) is 5.36. The van der Waals surface area contributed by atoms with Gasteiger partial charge in [-0.2, -0.15) is 0 Å². The number of aryl methyl sites for hydroxylation is 1. The Morgan fingerprint density at radius 2 is 2.24 bits per heavy atom. The quantitative estimate of drug-likeness (QED) is 0.597. The van der Waals surface area contributed by atoms with Crippen molar-refractivity contribution in [3.63, 3.8) is 0 Å². The fourth-order valence-electron chi connectivity index (χ4n) is 1.55. The fraction of sp³-hybridized carbons (Fsp3) is 0.667. The van der Waals surface area contributed by atoms with Gasteiger partial charge in [-0.1, -0.05) is 25.6 Å². The first kappa shape index (κ1) is 14.4. The molecule has 0 fully saturated rings. The molecule has 0 bridgehead atoms. The summed E-state index contributed by atoms with van der Waals surface area (Å²) in [5, 5.41) is 13.6. The summed E-state index contributed by atoms with van der Waals surface area (Å²) in [4.78, 5) is 8.53. The van der Waals surface area contributed by atoms with E-state index < -0.39 is 0 Å². The second-order valence-corrected chi connectivity index (χ2v) is 5.73. The third kappa shape index (κ3) is 5.02. The van der Waals surface area contributed by atoms with Gasteiger partial charge in [0.05, 0.1) is 6.61 Å². The molecule has 0 saturated carbocycles. The zero-order chi connectivity index (χ0) is 12.9. The Bertz CT molecular complexity index is 359. The molecule has 0 spiro atoms. The average Bonchev–Trinajstić information content (AvgIpc) is 2.26. The van der Waals surface area contributed by atoms with Gasteiger partial charge in [0.2, 0.25) is 0 Å². The van der Waals surface area contributed by atoms with E-state index >= 15 is 0 Å². The lowest BCUT2D eigenvalue weighted by Gasteiger charge is -2.30. The lowest BCUT2D eigenvalue weighted by Crippen LogP contribution is -2.51. The van der Waals surface area contributed by atoms with E-state index in [9.17, 15) is 5.11 Å². The largest absolute Gasteiger partial charge is 0.394 e. The third-order valence-corrected chi connectivity index (χ3v) is 3.52. The van der Waals surface area contributed by atoms with Crippen LogP contribution in [0.3, 0.4) is 0 Å². The summed E-state index contributed by atoms with van der Waals surface area (Å²) in [5.74, 6) is 0.741. The van der Waals surface area contributed by atoms with Crippen LogP contribution >= 0.6 is 11.8 Å². The van der Waals surface area contributed by atoms with Gasteiger partial charge in [-0.3, -0.25) is 0 Å². The van der Waals surface area contributed by atoms with Gasteiger partial charge in [0.25, 0.3) is 0 Å². The van der Waals surface area contributed by atoms with Crippen LogP contribution in [0.1, 0.15) is 26.5 Å². The Labute approximate surface area is 107 Å². The van der Waals surface area contributed by atoms with Gasteiger partial charge in [-0.05, 0) is 19.9 Å². The van der Waals surface area contributed by atoms with Crippen LogP contribution in [-0.2, 0) is 0 Å². The predicted molar refractivity (Wildman–Crippen MR) is 71.3 cm³/mol. The minimum absolute atomic E-state index is 0.101. The summed E-state index contributed by atoms with van der Waals surface area (Å²) in [6, 6.07) is 2.22. The highest BCUT2D eigenvalue weighted by Crippen LogP contribution is 2.19. The number of hydrogen-bond acceptors (Lipinski definition) is 5. The monoisotopic (exact) mass is 255 g/mol. The van der Waals surface area contributed by atoms with Crippen LogP contribution in [0.4, 0.5) is 0 Å². The molecule has 1 aromatic heterocycles. The van der Waals surface area contributed by atoms with E-state index in [1.54, 1.807) is 18.0 Å². The van der Waals surface area contributed by atoms with Crippen LogP contribution in [0.15, 0.2) is 17.4 Å². The van der Waals surface area contributed by atoms with Crippen LogP contribution in [0.2, 0.25) is 0 Å². The maximum absolute atomic E-state index is 9.45. The van der Waals surface area contributed by atoms with Crippen LogP contribution in [0, 0.1) is 6.92 Å². The molecular weight excluding hydrogens is 234 g/mol. The molecule has 5 heteroatoms. The van der Waals surface area contributed by atoms with Crippen LogP contribution < -0.4 is 5.32 Å². The van der Waals surface area contributed by atoms with E-state index in [1.807, 2.05) is 19.9 Å². The Balaban J connectivity index is 2.58. The van der Waals surface area contributed by atoms with Crippen molar-refractivity contribution in [3.8, 4) is 0 Å². The molecule has 0 aliphatic heterocycles. The zero-order valence-corrected chi connectivity index (χ0v) is 11.7. The minimum Gasteiger partial charge on any atom is -0.394 e. The number of thioether (sulfide) groups is 1. The Morgan fingerprint density at radius 1 is 1.53 bits per heavy atom. The molecular formula is C12H21N3OS. The number of nitrogens with one attached hydrogen (secondary N) is 1. The van der Waals surface area contributed by atoms with Gasteiger partial charge in [0, 0.05) is 29.2 Å². The second-order valence-electron chi connectivity index (χ2n) is 4.79. The molecule has 1 unspecified atom stereocenters. The molecule has 0 aliphatic carbocycles. The van der Waals surface area contributed by atoms with Crippen LogP contribution in [0.25, 0.3) is 0 Å². The highest BCUT2D eigenvalue weighted by atomic mass is 32.2. The number of aliphatic hydroxyl groups excluding tert-OH is 1. The maximum atomic E-state index is 9.45. The standard InChI is InChI=1S/C12H21N3OS/c1-9(2)15-12(4,7-16)8-17-11-13-6-5-10(3)14-11/h5-6,9,15-16H,7-8H2,1-4H3. The van der Waals surface area contributed by atoms with Gasteiger partial charge in [0.1, 0.15) is 0 Å². The Morgan fingerprint density at radius 3 is 2.76 bits per heavy atom. The molecule has 0 saturated heterocycles. The van der Waals surface area contributed by atoms with Crippen molar-refractivity contribution < 1.29 is 5.11 Å². The number of nitrogens with zero attached hydrogens (tertiary/aromatic N) is 2. The average molecular weight is 255 g/mol. The minimum atomic E-state index is -0.300. The molecule has 0 radical (unpaired) electrons. The first-order valence-corrected chi connectivity index (χ1v) is 6.75. The van der Waals surface area contributed by atoms with Crippen LogP contribution in [0.5, 0.6) is 0 Å². The van der Waals surface area contributed by atoms with Gasteiger partial charge in [-0.25, -0.2) is 9.97 Å². The van der Waals surface area contributed by atoms with Gasteiger partial charge in [-0.15, -0.1) is 0 Å². The molecule has 2 N–H and O–H groups in total. The maximum Gasteiger partial charge on any atom is 0.187 e. The summed E-state index contributed by atoms with van der Waals surface area (Å²) in [6.45, 7) is 8.20. The second kappa shape index (κ2) is 6.33. The lowest BCUT2D eigenvalue weighted by atomic mass is 10.1. The molecule has 0 aliphatic rings. The summed E-state index contributed by atoms with van der Waals surface area (Å²) in [6.07, 6.45) is 1.76. The number of aromatic nitrogens is 2. The smallest absolute Gasteiger partial charge is 0.187 e. The summed E-state index contributed by atoms with van der Waals surface area (Å²) < 4.78 is 0. The molecule has 96 valence electrons. The lowest BCUT2D eigenvalue weighted by molar-refractivity contribution is 0.183. The van der Waals surface area contributed by atoms with Crippen LogP contribution in [-0.4, -0.2) is 39.0 Å². The molecule has 0 amide bonds. The fourth-order valence-corrected chi connectivity index (χ4v) is 2.52. The van der Waals surface area contributed by atoms with E-state index in [2.05, 4.69) is 29.1 Å². The van der Waals surface area contributed by atoms with Gasteiger partial charge >= 0.3 is 0 Å². The SMILES string of the molecule is Cc1ccnc(SCC(C)(CO)NC(C)C)n1. The van der Waals surface area contributed by atoms with Crippen molar-refractivity contribution in [2.24, 2.45) is 0 Å². The zero-order valence-electron chi connectivity index (χ0n) is 10.9. The molecule has 1 atom stereocenters. The number of hydrogen-bond donors (Lipinski definition) is 2. The predicted octanol–water partition coefficient (Wildman–Crippen LogP) is 1.63. The van der Waals surface area contributed by atoms with Crippen molar-refractivity contribution in [2.45, 2.75) is 44.4 Å². The van der Waals surface area contributed by atoms with Crippen molar-refractivity contribution >= 4 is 11.8 Å². The van der Waals surface area contributed by atoms with E-state index in [1.165, 1.54) is 0 Å². The Hall–Kier alpha value is -0.650. The van der Waals surface area contributed by atoms with Crippen molar-refractivity contribution in [1.29, 1.82) is 0 Å². The first-order chi connectivity index (χ1) is 7.95. The summed E-state index contributed by atoms with van der Waals surface area (Å²) in [5.41, 5.74) is 0.663. The van der Waals surface area contributed by atoms with E-state index in [0.29, 0.717) is 6.04 Å².